The molecule has 1 saturated heterocycles. The maximum atomic E-state index is 13.8. The molecular formula is C32H26BrIN2O3S. The molecule has 40 heavy (non-hydrogen) atoms. The fraction of sp³-hybridized carbons (Fsp3) is 0.125. The van der Waals surface area contributed by atoms with Crippen molar-refractivity contribution in [2.75, 3.05) is 7.11 Å². The summed E-state index contributed by atoms with van der Waals surface area (Å²) in [4.78, 5) is 21.0. The molecule has 0 N–H and O–H groups in total. The lowest BCUT2D eigenvalue weighted by atomic mass is 10.1. The van der Waals surface area contributed by atoms with Crippen LogP contribution >= 0.6 is 50.3 Å². The molecule has 5 rings (SSSR count). The predicted molar refractivity (Wildman–Crippen MR) is 175 cm³/mol. The van der Waals surface area contributed by atoms with Crippen LogP contribution in [-0.4, -0.2) is 23.1 Å². The minimum Gasteiger partial charge on any atom is -0.493 e. The number of carbonyl (C=O) groups is 1. The molecule has 1 aliphatic rings. The molecule has 4 aromatic rings. The Labute approximate surface area is 260 Å². The monoisotopic (exact) mass is 724 g/mol. The number of nitrogens with zero attached hydrogens (tertiary/aromatic N) is 2. The summed E-state index contributed by atoms with van der Waals surface area (Å²) in [5.41, 5.74) is 3.74. The molecule has 1 heterocycles. The standard InChI is InChI=1S/C32H26BrIN2O3S/c1-21(24-9-5-3-6-10-24)36-31(37)29(40-32(36)35-26-11-7-4-8-12-26)19-23-17-27(34)30(28(18-23)38-2)39-20-22-13-15-25(33)16-14-22/h3-19,21H,20H2,1-2H3/b29-19+,35-32?/t21-/m1/s1. The first-order valence-corrected chi connectivity index (χ1v) is 15.3. The number of carbonyl (C=O) groups excluding carboxylic acids is 1. The van der Waals surface area contributed by atoms with E-state index in [0.29, 0.717) is 28.2 Å². The molecule has 0 spiro atoms. The van der Waals surface area contributed by atoms with E-state index in [9.17, 15) is 4.79 Å². The number of halogens is 2. The molecule has 1 amide bonds. The maximum Gasteiger partial charge on any atom is 0.267 e. The van der Waals surface area contributed by atoms with Gasteiger partial charge in [-0.05, 0) is 100 Å². The molecule has 0 unspecified atom stereocenters. The topological polar surface area (TPSA) is 51.1 Å². The normalized spacial score (nSPS) is 16.0. The summed E-state index contributed by atoms with van der Waals surface area (Å²) >= 11 is 7.09. The smallest absolute Gasteiger partial charge is 0.267 e. The maximum absolute atomic E-state index is 13.8. The van der Waals surface area contributed by atoms with Crippen molar-refractivity contribution in [3.8, 4) is 11.5 Å². The quantitative estimate of drug-likeness (QED) is 0.135. The number of thioether (sulfide) groups is 1. The second-order valence-corrected chi connectivity index (χ2v) is 12.1. The van der Waals surface area contributed by atoms with Crippen LogP contribution < -0.4 is 9.47 Å². The van der Waals surface area contributed by atoms with Crippen molar-refractivity contribution in [1.29, 1.82) is 0 Å². The summed E-state index contributed by atoms with van der Waals surface area (Å²) < 4.78 is 13.7. The van der Waals surface area contributed by atoms with E-state index in [1.807, 2.05) is 110 Å². The Kier molecular flexibility index (Phi) is 9.29. The number of hydrogen-bond donors (Lipinski definition) is 0. The number of rotatable bonds is 8. The molecule has 202 valence electrons. The highest BCUT2D eigenvalue weighted by molar-refractivity contribution is 14.1. The van der Waals surface area contributed by atoms with Gasteiger partial charge in [0.2, 0.25) is 0 Å². The molecule has 1 atom stereocenters. The van der Waals surface area contributed by atoms with Gasteiger partial charge >= 0.3 is 0 Å². The van der Waals surface area contributed by atoms with Crippen LogP contribution in [0, 0.1) is 3.57 Å². The number of amides is 1. The number of para-hydroxylation sites is 1. The van der Waals surface area contributed by atoms with Crippen molar-refractivity contribution in [3.63, 3.8) is 0 Å². The van der Waals surface area contributed by atoms with Gasteiger partial charge in [0, 0.05) is 4.47 Å². The van der Waals surface area contributed by atoms with E-state index in [1.54, 1.807) is 12.0 Å². The van der Waals surface area contributed by atoms with Gasteiger partial charge in [-0.1, -0.05) is 76.6 Å². The van der Waals surface area contributed by atoms with Crippen molar-refractivity contribution in [1.82, 2.24) is 4.90 Å². The SMILES string of the molecule is COc1cc(/C=C2/SC(=Nc3ccccc3)N([C@H](C)c3ccccc3)C2=O)cc(I)c1OCc1ccc(Br)cc1. The van der Waals surface area contributed by atoms with E-state index in [4.69, 9.17) is 14.5 Å². The average Bonchev–Trinajstić information content (AvgIpc) is 3.27. The van der Waals surface area contributed by atoms with Crippen LogP contribution in [0.15, 0.2) is 111 Å². The highest BCUT2D eigenvalue weighted by Gasteiger charge is 2.37. The second kappa shape index (κ2) is 13.1. The van der Waals surface area contributed by atoms with Gasteiger partial charge in [0.15, 0.2) is 16.7 Å². The van der Waals surface area contributed by atoms with Crippen molar-refractivity contribution >= 4 is 73.1 Å². The zero-order valence-corrected chi connectivity index (χ0v) is 26.4. The summed E-state index contributed by atoms with van der Waals surface area (Å²) in [5, 5.41) is 0.648. The Morgan fingerprint density at radius 1 is 1.00 bits per heavy atom. The molecule has 5 nitrogen and oxygen atoms in total. The summed E-state index contributed by atoms with van der Waals surface area (Å²) in [6.45, 7) is 2.45. The number of benzene rings is 4. The minimum atomic E-state index is -0.182. The first-order valence-electron chi connectivity index (χ1n) is 12.6. The van der Waals surface area contributed by atoms with Gasteiger partial charge in [-0.2, -0.15) is 0 Å². The second-order valence-electron chi connectivity index (χ2n) is 9.05. The van der Waals surface area contributed by atoms with E-state index in [-0.39, 0.29) is 11.9 Å². The Morgan fingerprint density at radius 3 is 2.35 bits per heavy atom. The van der Waals surface area contributed by atoms with Gasteiger partial charge in [-0.3, -0.25) is 9.69 Å². The lowest BCUT2D eigenvalue weighted by molar-refractivity contribution is -0.123. The molecule has 0 saturated carbocycles. The summed E-state index contributed by atoms with van der Waals surface area (Å²) in [6.07, 6.45) is 1.90. The van der Waals surface area contributed by atoms with E-state index in [0.717, 1.165) is 30.4 Å². The Morgan fingerprint density at radius 2 is 1.68 bits per heavy atom. The van der Waals surface area contributed by atoms with Crippen LogP contribution in [0.4, 0.5) is 5.69 Å². The third kappa shape index (κ3) is 6.62. The number of methoxy groups -OCH3 is 1. The van der Waals surface area contributed by atoms with E-state index < -0.39 is 0 Å². The predicted octanol–water partition coefficient (Wildman–Crippen LogP) is 9.01. The molecule has 0 aliphatic carbocycles. The van der Waals surface area contributed by atoms with Gasteiger partial charge in [0.1, 0.15) is 6.61 Å². The van der Waals surface area contributed by atoms with Crippen LogP contribution in [0.2, 0.25) is 0 Å². The summed E-state index contributed by atoms with van der Waals surface area (Å²) in [5.74, 6) is 1.20. The number of hydrogen-bond acceptors (Lipinski definition) is 5. The van der Waals surface area contributed by atoms with E-state index >= 15 is 0 Å². The number of ether oxygens (including phenoxy) is 2. The Bertz CT molecular complexity index is 1560. The van der Waals surface area contributed by atoms with Crippen LogP contribution in [0.5, 0.6) is 11.5 Å². The first-order chi connectivity index (χ1) is 19.4. The van der Waals surface area contributed by atoms with Gasteiger partial charge in [-0.15, -0.1) is 0 Å². The van der Waals surface area contributed by atoms with Gasteiger partial charge in [0.05, 0.1) is 27.3 Å². The molecule has 8 heteroatoms. The molecular weight excluding hydrogens is 699 g/mol. The molecule has 4 aromatic carbocycles. The fourth-order valence-corrected chi connectivity index (χ4v) is 6.36. The molecule has 0 aromatic heterocycles. The average molecular weight is 725 g/mol. The van der Waals surface area contributed by atoms with Gasteiger partial charge in [0.25, 0.3) is 5.91 Å². The Balaban J connectivity index is 1.46. The molecule has 1 fully saturated rings. The van der Waals surface area contributed by atoms with Crippen LogP contribution in [-0.2, 0) is 11.4 Å². The lowest BCUT2D eigenvalue weighted by Crippen LogP contribution is -2.32. The minimum absolute atomic E-state index is 0.0828. The summed E-state index contributed by atoms with van der Waals surface area (Å²) in [6, 6.07) is 31.4. The lowest BCUT2D eigenvalue weighted by Gasteiger charge is -2.24. The van der Waals surface area contributed by atoms with Crippen LogP contribution in [0.3, 0.4) is 0 Å². The molecule has 0 bridgehead atoms. The highest BCUT2D eigenvalue weighted by atomic mass is 127. The number of aliphatic imine (C=N–C) groups is 1. The van der Waals surface area contributed by atoms with Crippen LogP contribution in [0.1, 0.15) is 29.7 Å². The highest BCUT2D eigenvalue weighted by Crippen LogP contribution is 2.41. The molecule has 1 aliphatic heterocycles. The number of amidine groups is 1. The zero-order valence-electron chi connectivity index (χ0n) is 21.9. The van der Waals surface area contributed by atoms with Crippen molar-refractivity contribution < 1.29 is 14.3 Å². The van der Waals surface area contributed by atoms with Crippen molar-refractivity contribution in [2.24, 2.45) is 4.99 Å². The first kappa shape index (κ1) is 28.4. The third-order valence-corrected chi connectivity index (χ3v) is 8.65. The van der Waals surface area contributed by atoms with E-state index in [2.05, 4.69) is 38.5 Å². The fourth-order valence-electron chi connectivity index (χ4n) is 4.25. The third-order valence-electron chi connectivity index (χ3n) is 6.33. The van der Waals surface area contributed by atoms with Crippen LogP contribution in [0.25, 0.3) is 6.08 Å². The van der Waals surface area contributed by atoms with Gasteiger partial charge < -0.3 is 9.47 Å². The van der Waals surface area contributed by atoms with Gasteiger partial charge in [-0.25, -0.2) is 4.99 Å². The van der Waals surface area contributed by atoms with E-state index in [1.165, 1.54) is 11.8 Å². The van der Waals surface area contributed by atoms with Crippen molar-refractivity contribution in [3.05, 3.63) is 127 Å². The van der Waals surface area contributed by atoms with Crippen molar-refractivity contribution in [2.45, 2.75) is 19.6 Å². The largest absolute Gasteiger partial charge is 0.493 e. The Hall–Kier alpha value is -3.08. The summed E-state index contributed by atoms with van der Waals surface area (Å²) in [7, 11) is 1.62. The zero-order chi connectivity index (χ0) is 28.1. The molecule has 0 radical (unpaired) electrons.